The number of fused-ring (bicyclic) bond motifs is 1. The molecule has 224 valence electrons. The molecular weight excluding hydrogens is 561 g/mol. The van der Waals surface area contributed by atoms with Crippen molar-refractivity contribution in [1.82, 2.24) is 5.32 Å². The molecule has 2 amide bonds. The molecule has 4 rings (SSSR count). The van der Waals surface area contributed by atoms with Gasteiger partial charge in [-0.2, -0.15) is 0 Å². The molecule has 0 aromatic heterocycles. The number of methoxy groups -OCH3 is 1. The minimum absolute atomic E-state index is 0.0221. The number of ether oxygens (including phenoxy) is 3. The maximum atomic E-state index is 14.2. The lowest BCUT2D eigenvalue weighted by atomic mass is 9.94. The average molecular weight is 598 g/mol. The average Bonchev–Trinajstić information content (AvgIpc) is 3.05. The van der Waals surface area contributed by atoms with E-state index in [2.05, 4.69) is 5.32 Å². The summed E-state index contributed by atoms with van der Waals surface area (Å²) in [5.41, 5.74) is 7.57. The van der Waals surface area contributed by atoms with E-state index in [-0.39, 0.29) is 30.9 Å². The molecule has 0 spiro atoms. The molecule has 3 N–H and O–H groups in total. The zero-order chi connectivity index (χ0) is 30.4. The largest absolute Gasteiger partial charge is 0.492 e. The number of benzene rings is 3. The Morgan fingerprint density at radius 1 is 1.12 bits per heavy atom. The molecule has 3 aromatic carbocycles. The van der Waals surface area contributed by atoms with Crippen molar-refractivity contribution in [1.29, 1.82) is 0 Å². The van der Waals surface area contributed by atoms with Gasteiger partial charge >= 0.3 is 0 Å². The van der Waals surface area contributed by atoms with Crippen LogP contribution in [-0.2, 0) is 20.9 Å². The molecule has 0 saturated carbocycles. The number of halogens is 2. The van der Waals surface area contributed by atoms with Crippen LogP contribution in [0.1, 0.15) is 50.0 Å². The summed E-state index contributed by atoms with van der Waals surface area (Å²) in [6, 6.07) is 16.9. The normalized spacial score (nSPS) is 16.9. The lowest BCUT2D eigenvalue weighted by molar-refractivity contribution is -0.138. The van der Waals surface area contributed by atoms with Gasteiger partial charge in [-0.25, -0.2) is 4.39 Å². The molecule has 3 aromatic rings. The van der Waals surface area contributed by atoms with Gasteiger partial charge in [0.25, 0.3) is 5.91 Å². The number of amides is 2. The summed E-state index contributed by atoms with van der Waals surface area (Å²) in [7, 11) is 1.52. The molecule has 2 unspecified atom stereocenters. The van der Waals surface area contributed by atoms with E-state index in [9.17, 15) is 14.0 Å². The van der Waals surface area contributed by atoms with E-state index in [1.165, 1.54) is 13.2 Å². The molecule has 10 heteroatoms. The highest BCUT2D eigenvalue weighted by Gasteiger charge is 2.40. The van der Waals surface area contributed by atoms with Crippen LogP contribution in [0.25, 0.3) is 0 Å². The highest BCUT2D eigenvalue weighted by molar-refractivity contribution is 6.30. The summed E-state index contributed by atoms with van der Waals surface area (Å²) in [6.45, 7) is 7.00. The van der Waals surface area contributed by atoms with Crippen LogP contribution in [0, 0.1) is 11.2 Å². The quantitative estimate of drug-likeness (QED) is 0.324. The zero-order valence-corrected chi connectivity index (χ0v) is 25.0. The van der Waals surface area contributed by atoms with E-state index in [1.807, 2.05) is 26.8 Å². The molecule has 2 atom stereocenters. The summed E-state index contributed by atoms with van der Waals surface area (Å²) < 4.78 is 32.3. The van der Waals surface area contributed by atoms with Gasteiger partial charge in [0.2, 0.25) is 5.91 Å². The third-order valence-electron chi connectivity index (χ3n) is 6.71. The number of nitrogens with zero attached hydrogens (tertiary/aromatic N) is 1. The number of hydrogen-bond acceptors (Lipinski definition) is 6. The predicted octanol–water partition coefficient (Wildman–Crippen LogP) is 5.40. The summed E-state index contributed by atoms with van der Waals surface area (Å²) in [5.74, 6) is -0.365. The van der Waals surface area contributed by atoms with Gasteiger partial charge in [0.05, 0.1) is 13.5 Å². The Kier molecular flexibility index (Phi) is 10.1. The minimum atomic E-state index is -1.16. The SMILES string of the molecule is COc1c(OCCN)cccc1C1OC(CC(=O)NCc2ccccc2F)C(=O)N(CC(C)(C)C)c2ccc(Cl)cc21. The number of hydrogen-bond donors (Lipinski definition) is 2. The second kappa shape index (κ2) is 13.5. The molecule has 42 heavy (non-hydrogen) atoms. The Morgan fingerprint density at radius 3 is 2.57 bits per heavy atom. The number of para-hydroxylation sites is 1. The highest BCUT2D eigenvalue weighted by Crippen LogP contribution is 2.45. The van der Waals surface area contributed by atoms with Gasteiger partial charge in [-0.3, -0.25) is 9.59 Å². The Bertz CT molecular complexity index is 1430. The number of carbonyl (C=O) groups is 2. The van der Waals surface area contributed by atoms with Crippen LogP contribution in [0.4, 0.5) is 10.1 Å². The van der Waals surface area contributed by atoms with Crippen molar-refractivity contribution in [2.75, 3.05) is 31.7 Å². The topological polar surface area (TPSA) is 103 Å². The van der Waals surface area contributed by atoms with Crippen LogP contribution < -0.4 is 25.4 Å². The first kappa shape index (κ1) is 31.3. The molecule has 0 fully saturated rings. The van der Waals surface area contributed by atoms with Crippen LogP contribution in [0.2, 0.25) is 5.02 Å². The van der Waals surface area contributed by atoms with Crippen LogP contribution in [-0.4, -0.2) is 44.7 Å². The van der Waals surface area contributed by atoms with E-state index in [0.29, 0.717) is 52.0 Å². The fourth-order valence-corrected chi connectivity index (χ4v) is 5.08. The van der Waals surface area contributed by atoms with Gasteiger partial charge in [0, 0.05) is 47.0 Å². The van der Waals surface area contributed by atoms with Crippen molar-refractivity contribution in [2.45, 2.75) is 45.9 Å². The van der Waals surface area contributed by atoms with Crippen LogP contribution in [0.5, 0.6) is 11.5 Å². The third kappa shape index (κ3) is 7.40. The number of rotatable bonds is 10. The van der Waals surface area contributed by atoms with Crippen molar-refractivity contribution in [3.05, 3.63) is 88.2 Å². The third-order valence-corrected chi connectivity index (χ3v) is 6.95. The summed E-state index contributed by atoms with van der Waals surface area (Å²) in [4.78, 5) is 28.9. The van der Waals surface area contributed by atoms with E-state index >= 15 is 0 Å². The molecule has 0 radical (unpaired) electrons. The minimum Gasteiger partial charge on any atom is -0.492 e. The summed E-state index contributed by atoms with van der Waals surface area (Å²) in [5, 5.41) is 3.18. The van der Waals surface area contributed by atoms with Gasteiger partial charge < -0.3 is 30.2 Å². The molecule has 0 saturated heterocycles. The molecule has 0 bridgehead atoms. The van der Waals surface area contributed by atoms with Crippen molar-refractivity contribution < 1.29 is 28.2 Å². The van der Waals surface area contributed by atoms with E-state index in [0.717, 1.165) is 0 Å². The van der Waals surface area contributed by atoms with Crippen LogP contribution >= 0.6 is 11.6 Å². The molecule has 1 heterocycles. The lowest BCUT2D eigenvalue weighted by Crippen LogP contribution is -2.45. The number of nitrogens with two attached hydrogens (primary N) is 1. The van der Waals surface area contributed by atoms with Crippen molar-refractivity contribution in [2.24, 2.45) is 11.1 Å². The first-order valence-corrected chi connectivity index (χ1v) is 14.2. The Hall–Kier alpha value is -3.66. The number of anilines is 1. The van der Waals surface area contributed by atoms with Crippen molar-refractivity contribution in [3.63, 3.8) is 0 Å². The maximum absolute atomic E-state index is 14.2. The molecule has 8 nitrogen and oxygen atoms in total. The first-order chi connectivity index (χ1) is 20.0. The standard InChI is InChI=1S/C32H37ClFN3O5/c1-32(2,3)19-37-25-13-12-21(33)16-23(25)29(22-9-7-11-26(30(22)40-4)41-15-14-35)42-27(31(37)39)17-28(38)36-18-20-8-5-6-10-24(20)34/h5-13,16,27,29H,14-15,17-19,35H2,1-4H3,(H,36,38). The van der Waals surface area contributed by atoms with E-state index in [4.69, 9.17) is 31.5 Å². The second-order valence-corrected chi connectivity index (χ2v) is 11.7. The van der Waals surface area contributed by atoms with Gasteiger partial charge in [0.15, 0.2) is 11.5 Å². The molecule has 1 aliphatic rings. The number of carbonyl (C=O) groups excluding carboxylic acids is 2. The molecular formula is C32H37ClFN3O5. The lowest BCUT2D eigenvalue weighted by Gasteiger charge is -2.31. The first-order valence-electron chi connectivity index (χ1n) is 13.8. The highest BCUT2D eigenvalue weighted by atomic mass is 35.5. The summed E-state index contributed by atoms with van der Waals surface area (Å²) in [6.07, 6.45) is -2.28. The van der Waals surface area contributed by atoms with Crippen molar-refractivity contribution in [3.8, 4) is 11.5 Å². The smallest absolute Gasteiger partial charge is 0.256 e. The maximum Gasteiger partial charge on any atom is 0.256 e. The van der Waals surface area contributed by atoms with Crippen LogP contribution in [0.3, 0.4) is 0 Å². The van der Waals surface area contributed by atoms with E-state index in [1.54, 1.807) is 53.4 Å². The van der Waals surface area contributed by atoms with Gasteiger partial charge in [0.1, 0.15) is 24.6 Å². The Morgan fingerprint density at radius 2 is 1.88 bits per heavy atom. The van der Waals surface area contributed by atoms with Gasteiger partial charge in [-0.1, -0.05) is 62.7 Å². The zero-order valence-electron chi connectivity index (χ0n) is 24.3. The van der Waals surface area contributed by atoms with E-state index < -0.39 is 23.9 Å². The van der Waals surface area contributed by atoms with Crippen LogP contribution in [0.15, 0.2) is 60.7 Å². The Balaban J connectivity index is 1.76. The number of nitrogens with one attached hydrogen (secondary N) is 1. The van der Waals surface area contributed by atoms with Gasteiger partial charge in [-0.05, 0) is 35.7 Å². The summed E-state index contributed by atoms with van der Waals surface area (Å²) >= 11 is 6.48. The monoisotopic (exact) mass is 597 g/mol. The molecule has 0 aliphatic carbocycles. The fraction of sp³-hybridized carbons (Fsp3) is 0.375. The molecule has 1 aliphatic heterocycles. The second-order valence-electron chi connectivity index (χ2n) is 11.3. The predicted molar refractivity (Wildman–Crippen MR) is 160 cm³/mol. The van der Waals surface area contributed by atoms with Crippen molar-refractivity contribution >= 4 is 29.1 Å². The Labute approximate surface area is 250 Å². The fourth-order valence-electron chi connectivity index (χ4n) is 4.90. The van der Waals surface area contributed by atoms with Gasteiger partial charge in [-0.15, -0.1) is 0 Å².